The maximum Gasteiger partial charge on any atom is 0.226 e. The normalized spacial score (nSPS) is 15.8. The first kappa shape index (κ1) is 15.0. The largest absolute Gasteiger partial charge is 0.497 e. The number of hydrogen-bond acceptors (Lipinski definition) is 4. The van der Waals surface area contributed by atoms with E-state index < -0.39 is 0 Å². The number of amides is 1. The quantitative estimate of drug-likeness (QED) is 0.870. The van der Waals surface area contributed by atoms with Crippen molar-refractivity contribution in [2.45, 2.75) is 25.2 Å². The van der Waals surface area contributed by atoms with Gasteiger partial charge in [0.05, 0.1) is 18.5 Å². The zero-order chi connectivity index (χ0) is 15.4. The van der Waals surface area contributed by atoms with Gasteiger partial charge < -0.3 is 9.64 Å². The summed E-state index contributed by atoms with van der Waals surface area (Å²) in [6, 6.07) is 7.72. The molecule has 5 heteroatoms. The number of carbonyl (C=O) groups excluding carboxylic acids is 1. The van der Waals surface area contributed by atoms with Crippen LogP contribution in [0.1, 0.15) is 29.3 Å². The molecule has 0 radical (unpaired) electrons. The molecule has 1 fully saturated rings. The molecule has 1 saturated heterocycles. The average Bonchev–Trinajstić information content (AvgIpc) is 3.10. The minimum atomic E-state index is 0.211. The Morgan fingerprint density at radius 3 is 2.64 bits per heavy atom. The van der Waals surface area contributed by atoms with Gasteiger partial charge >= 0.3 is 0 Å². The molecule has 116 valence electrons. The van der Waals surface area contributed by atoms with Crippen molar-refractivity contribution in [3.05, 3.63) is 46.4 Å². The molecular weight excluding hydrogens is 296 g/mol. The molecule has 1 aromatic carbocycles. The van der Waals surface area contributed by atoms with E-state index in [2.05, 4.69) is 4.98 Å². The molecule has 1 aliphatic rings. The minimum absolute atomic E-state index is 0.211. The monoisotopic (exact) mass is 316 g/mol. The van der Waals surface area contributed by atoms with Crippen LogP contribution >= 0.6 is 11.3 Å². The smallest absolute Gasteiger partial charge is 0.226 e. The number of carbonyl (C=O) groups is 1. The number of ether oxygens (including phenoxy) is 1. The second-order valence-electron chi connectivity index (χ2n) is 5.55. The van der Waals surface area contributed by atoms with Gasteiger partial charge in [0.15, 0.2) is 0 Å². The molecule has 4 nitrogen and oxygen atoms in total. The highest BCUT2D eigenvalue weighted by Gasteiger charge is 2.25. The second kappa shape index (κ2) is 6.92. The van der Waals surface area contributed by atoms with E-state index in [1.807, 2.05) is 40.7 Å². The van der Waals surface area contributed by atoms with Crippen LogP contribution in [0.5, 0.6) is 5.75 Å². The third-order valence-corrected chi connectivity index (χ3v) is 5.10. The van der Waals surface area contributed by atoms with Gasteiger partial charge in [0.2, 0.25) is 5.91 Å². The lowest BCUT2D eigenvalue weighted by molar-refractivity contribution is -0.131. The van der Waals surface area contributed by atoms with E-state index in [0.717, 1.165) is 37.2 Å². The number of hydrogen-bond donors (Lipinski definition) is 0. The fourth-order valence-electron chi connectivity index (χ4n) is 2.84. The highest BCUT2D eigenvalue weighted by molar-refractivity contribution is 7.09. The minimum Gasteiger partial charge on any atom is -0.497 e. The topological polar surface area (TPSA) is 42.4 Å². The van der Waals surface area contributed by atoms with Crippen LogP contribution in [-0.4, -0.2) is 36.0 Å². The van der Waals surface area contributed by atoms with Crippen LogP contribution in [0.3, 0.4) is 0 Å². The van der Waals surface area contributed by atoms with Crippen LogP contribution in [0.4, 0.5) is 0 Å². The Hall–Kier alpha value is -1.88. The van der Waals surface area contributed by atoms with Gasteiger partial charge in [-0.2, -0.15) is 0 Å². The third-order valence-electron chi connectivity index (χ3n) is 4.16. The van der Waals surface area contributed by atoms with Crippen LogP contribution in [0, 0.1) is 0 Å². The van der Waals surface area contributed by atoms with Gasteiger partial charge in [-0.05, 0) is 30.5 Å². The summed E-state index contributed by atoms with van der Waals surface area (Å²) in [5.74, 6) is 1.55. The summed E-state index contributed by atoms with van der Waals surface area (Å²) in [5, 5.41) is 3.23. The molecule has 1 amide bonds. The number of likely N-dealkylation sites (tertiary alicyclic amines) is 1. The molecule has 1 aromatic heterocycles. The van der Waals surface area contributed by atoms with Gasteiger partial charge in [-0.25, -0.2) is 4.98 Å². The first-order valence-corrected chi connectivity index (χ1v) is 8.44. The molecule has 0 saturated carbocycles. The van der Waals surface area contributed by atoms with Crippen LogP contribution in [0.2, 0.25) is 0 Å². The van der Waals surface area contributed by atoms with Crippen LogP contribution < -0.4 is 4.74 Å². The molecule has 1 aliphatic heterocycles. The van der Waals surface area contributed by atoms with Crippen LogP contribution in [-0.2, 0) is 11.2 Å². The zero-order valence-electron chi connectivity index (χ0n) is 12.7. The maximum atomic E-state index is 12.4. The number of benzene rings is 1. The Bertz CT molecular complexity index is 602. The van der Waals surface area contributed by atoms with Gasteiger partial charge in [-0.1, -0.05) is 12.1 Å². The van der Waals surface area contributed by atoms with Crippen molar-refractivity contribution < 1.29 is 9.53 Å². The summed E-state index contributed by atoms with van der Waals surface area (Å²) in [7, 11) is 1.65. The number of aromatic nitrogens is 1. The second-order valence-corrected chi connectivity index (χ2v) is 6.48. The number of thiazole rings is 1. The van der Waals surface area contributed by atoms with E-state index >= 15 is 0 Å². The summed E-state index contributed by atoms with van der Waals surface area (Å²) in [5.41, 5.74) is 1.04. The van der Waals surface area contributed by atoms with Crippen molar-refractivity contribution in [1.29, 1.82) is 0 Å². The molecule has 0 aliphatic carbocycles. The number of piperidine rings is 1. The predicted molar refractivity (Wildman–Crippen MR) is 87.4 cm³/mol. The lowest BCUT2D eigenvalue weighted by Crippen LogP contribution is -2.38. The lowest BCUT2D eigenvalue weighted by Gasteiger charge is -2.31. The summed E-state index contributed by atoms with van der Waals surface area (Å²) < 4.78 is 5.14. The van der Waals surface area contributed by atoms with Crippen molar-refractivity contribution in [3.8, 4) is 5.75 Å². The van der Waals surface area contributed by atoms with Gasteiger partial charge in [0.25, 0.3) is 0 Å². The Kier molecular flexibility index (Phi) is 4.73. The van der Waals surface area contributed by atoms with Crippen LogP contribution in [0.25, 0.3) is 0 Å². The van der Waals surface area contributed by atoms with Gasteiger partial charge in [0, 0.05) is 30.6 Å². The summed E-state index contributed by atoms with van der Waals surface area (Å²) in [6.07, 6.45) is 4.36. The Morgan fingerprint density at radius 2 is 2.05 bits per heavy atom. The third kappa shape index (κ3) is 3.47. The van der Waals surface area contributed by atoms with Crippen molar-refractivity contribution in [3.63, 3.8) is 0 Å². The fourth-order valence-corrected chi connectivity index (χ4v) is 3.65. The fraction of sp³-hybridized carbons (Fsp3) is 0.412. The number of methoxy groups -OCH3 is 1. The molecule has 3 rings (SSSR count). The van der Waals surface area contributed by atoms with E-state index in [9.17, 15) is 4.79 Å². The number of rotatable bonds is 4. The van der Waals surface area contributed by atoms with Crippen LogP contribution in [0.15, 0.2) is 35.8 Å². The first-order valence-electron chi connectivity index (χ1n) is 7.56. The van der Waals surface area contributed by atoms with Gasteiger partial charge in [0.1, 0.15) is 5.75 Å². The lowest BCUT2D eigenvalue weighted by atomic mass is 9.97. The average molecular weight is 316 g/mol. The van der Waals surface area contributed by atoms with E-state index in [0.29, 0.717) is 12.3 Å². The van der Waals surface area contributed by atoms with Crippen molar-refractivity contribution in [1.82, 2.24) is 9.88 Å². The molecular formula is C17H20N2O2S. The molecule has 22 heavy (non-hydrogen) atoms. The predicted octanol–water partition coefficient (Wildman–Crippen LogP) is 3.10. The van der Waals surface area contributed by atoms with E-state index in [1.54, 1.807) is 18.4 Å². The standard InChI is InChI=1S/C17H20N2O2S/c1-21-15-4-2-13(3-5-15)12-16(20)19-9-6-14(7-10-19)17-18-8-11-22-17/h2-5,8,11,14H,6-7,9-10,12H2,1H3. The highest BCUT2D eigenvalue weighted by atomic mass is 32.1. The maximum absolute atomic E-state index is 12.4. The Morgan fingerprint density at radius 1 is 1.32 bits per heavy atom. The molecule has 0 unspecified atom stereocenters. The Balaban J connectivity index is 1.53. The first-order chi connectivity index (χ1) is 10.8. The van der Waals surface area contributed by atoms with Crippen molar-refractivity contribution >= 4 is 17.2 Å². The molecule has 2 aromatic rings. The molecule has 0 spiro atoms. The van der Waals surface area contributed by atoms with Crippen molar-refractivity contribution in [2.75, 3.05) is 20.2 Å². The highest BCUT2D eigenvalue weighted by Crippen LogP contribution is 2.29. The molecule has 0 N–H and O–H groups in total. The summed E-state index contributed by atoms with van der Waals surface area (Å²) in [6.45, 7) is 1.67. The zero-order valence-corrected chi connectivity index (χ0v) is 13.5. The van der Waals surface area contributed by atoms with E-state index in [4.69, 9.17) is 4.74 Å². The molecule has 0 atom stereocenters. The van der Waals surface area contributed by atoms with Gasteiger partial charge in [-0.15, -0.1) is 11.3 Å². The molecule has 2 heterocycles. The van der Waals surface area contributed by atoms with E-state index in [-0.39, 0.29) is 5.91 Å². The number of nitrogens with zero attached hydrogens (tertiary/aromatic N) is 2. The molecule has 0 bridgehead atoms. The summed E-state index contributed by atoms with van der Waals surface area (Å²) in [4.78, 5) is 18.8. The Labute approximate surface area is 134 Å². The summed E-state index contributed by atoms with van der Waals surface area (Å²) >= 11 is 1.72. The van der Waals surface area contributed by atoms with Crippen molar-refractivity contribution in [2.24, 2.45) is 0 Å². The SMILES string of the molecule is COc1ccc(CC(=O)N2CCC(c3nccs3)CC2)cc1. The van der Waals surface area contributed by atoms with Gasteiger partial charge in [-0.3, -0.25) is 4.79 Å². The van der Waals surface area contributed by atoms with E-state index in [1.165, 1.54) is 5.01 Å².